The molecule has 0 aliphatic heterocycles. The van der Waals surface area contributed by atoms with Gasteiger partial charge in [-0.3, -0.25) is 4.79 Å². The molecule has 2 heterocycles. The van der Waals surface area contributed by atoms with Gasteiger partial charge < -0.3 is 24.3 Å². The average molecular weight is 403 g/mol. The minimum atomic E-state index is -0.0678. The molecule has 1 aliphatic carbocycles. The van der Waals surface area contributed by atoms with E-state index in [1.165, 1.54) is 10.9 Å². The van der Waals surface area contributed by atoms with Crippen molar-refractivity contribution in [3.63, 3.8) is 0 Å². The zero-order chi connectivity index (χ0) is 20.8. The molecule has 0 saturated carbocycles. The van der Waals surface area contributed by atoms with Gasteiger partial charge in [-0.1, -0.05) is 0 Å². The topological polar surface area (TPSA) is 68.3 Å². The lowest BCUT2D eigenvalue weighted by atomic mass is 9.91. The zero-order valence-electron chi connectivity index (χ0n) is 17.4. The Morgan fingerprint density at radius 3 is 2.67 bits per heavy atom. The van der Waals surface area contributed by atoms with Gasteiger partial charge in [-0.25, -0.2) is 0 Å². The highest BCUT2D eigenvalue weighted by molar-refractivity contribution is 5.99. The number of rotatable bonds is 4. The van der Waals surface area contributed by atoms with Gasteiger partial charge in [0, 0.05) is 34.5 Å². The predicted octanol–water partition coefficient (Wildman–Crippen LogP) is 4.48. The molecule has 154 valence electrons. The van der Waals surface area contributed by atoms with Gasteiger partial charge in [0.05, 0.1) is 20.3 Å². The number of aryl methyl sites for hydroxylation is 2. The second-order valence-electron chi connectivity index (χ2n) is 7.86. The Bertz CT molecular complexity index is 1270. The van der Waals surface area contributed by atoms with Crippen molar-refractivity contribution in [3.8, 4) is 11.5 Å². The fourth-order valence-electron chi connectivity index (χ4n) is 4.62. The number of aromatic amines is 1. The number of methoxy groups -OCH3 is 2. The lowest BCUT2D eigenvalue weighted by Gasteiger charge is -2.24. The fourth-order valence-corrected chi connectivity index (χ4v) is 4.62. The molecule has 2 aromatic carbocycles. The summed E-state index contributed by atoms with van der Waals surface area (Å²) in [4.78, 5) is 16.7. The molecule has 5 rings (SSSR count). The Morgan fingerprint density at radius 2 is 1.87 bits per heavy atom. The van der Waals surface area contributed by atoms with Gasteiger partial charge in [-0.15, -0.1) is 0 Å². The van der Waals surface area contributed by atoms with Gasteiger partial charge in [0.25, 0.3) is 5.91 Å². The Morgan fingerprint density at radius 1 is 1.10 bits per heavy atom. The van der Waals surface area contributed by atoms with Crippen LogP contribution in [0.25, 0.3) is 21.8 Å². The van der Waals surface area contributed by atoms with Crippen LogP contribution in [0.3, 0.4) is 0 Å². The van der Waals surface area contributed by atoms with Crippen LogP contribution in [-0.4, -0.2) is 29.7 Å². The molecule has 4 aromatic rings. The number of hydrogen-bond acceptors (Lipinski definition) is 3. The van der Waals surface area contributed by atoms with E-state index in [2.05, 4.69) is 16.4 Å². The molecule has 1 aliphatic rings. The third-order valence-electron chi connectivity index (χ3n) is 6.20. The minimum Gasteiger partial charge on any atom is -0.497 e. The van der Waals surface area contributed by atoms with E-state index in [-0.39, 0.29) is 11.9 Å². The van der Waals surface area contributed by atoms with E-state index in [0.29, 0.717) is 5.69 Å². The van der Waals surface area contributed by atoms with E-state index in [4.69, 9.17) is 9.47 Å². The second-order valence-corrected chi connectivity index (χ2v) is 7.86. The van der Waals surface area contributed by atoms with E-state index in [0.717, 1.165) is 52.9 Å². The first-order valence-electron chi connectivity index (χ1n) is 10.2. The monoisotopic (exact) mass is 403 g/mol. The van der Waals surface area contributed by atoms with E-state index >= 15 is 0 Å². The number of H-pyrrole nitrogens is 1. The molecule has 1 amide bonds. The van der Waals surface area contributed by atoms with Gasteiger partial charge in [-0.2, -0.15) is 0 Å². The Labute approximate surface area is 174 Å². The molecule has 0 unspecified atom stereocenters. The van der Waals surface area contributed by atoms with Crippen molar-refractivity contribution < 1.29 is 14.3 Å². The number of benzene rings is 2. The third kappa shape index (κ3) is 2.91. The van der Waals surface area contributed by atoms with Gasteiger partial charge in [0.15, 0.2) is 0 Å². The maximum atomic E-state index is 13.2. The van der Waals surface area contributed by atoms with E-state index < -0.39 is 0 Å². The van der Waals surface area contributed by atoms with Gasteiger partial charge in [0.2, 0.25) is 0 Å². The van der Waals surface area contributed by atoms with Crippen LogP contribution in [0.15, 0.2) is 42.5 Å². The second kappa shape index (κ2) is 7.13. The summed E-state index contributed by atoms with van der Waals surface area (Å²) < 4.78 is 12.6. The number of nitrogens with one attached hydrogen (secondary N) is 2. The van der Waals surface area contributed by atoms with Gasteiger partial charge in [-0.05, 0) is 67.3 Å². The summed E-state index contributed by atoms with van der Waals surface area (Å²) in [7, 11) is 5.25. The predicted molar refractivity (Wildman–Crippen MR) is 117 cm³/mol. The number of carbonyl (C=O) groups is 1. The third-order valence-corrected chi connectivity index (χ3v) is 6.20. The number of nitrogens with zero attached hydrogens (tertiary/aromatic N) is 1. The standard InChI is InChI=1S/C24H25N3O3/c1-27-21-10-8-15(29-2)11-14(21)12-22(27)24(28)26-20-6-4-5-17-18-13-16(30-3)7-9-19(18)25-23(17)20/h7-13,20,25H,4-6H2,1-3H3,(H,26,28)/t20-/m0/s1. The number of carbonyl (C=O) groups excluding carboxylic acids is 1. The summed E-state index contributed by atoms with van der Waals surface area (Å²) in [6, 6.07) is 13.8. The van der Waals surface area contributed by atoms with Crippen LogP contribution in [0.5, 0.6) is 11.5 Å². The van der Waals surface area contributed by atoms with Crippen LogP contribution in [0, 0.1) is 0 Å². The molecule has 30 heavy (non-hydrogen) atoms. The average Bonchev–Trinajstić information content (AvgIpc) is 3.31. The van der Waals surface area contributed by atoms with Crippen molar-refractivity contribution >= 4 is 27.7 Å². The highest BCUT2D eigenvalue weighted by Crippen LogP contribution is 2.36. The number of fused-ring (bicyclic) bond motifs is 4. The van der Waals surface area contributed by atoms with Crippen molar-refractivity contribution in [3.05, 3.63) is 59.4 Å². The number of amides is 1. The lowest BCUT2D eigenvalue weighted by Crippen LogP contribution is -2.32. The summed E-state index contributed by atoms with van der Waals surface area (Å²) in [5.74, 6) is 1.56. The first kappa shape index (κ1) is 18.6. The molecule has 0 bridgehead atoms. The summed E-state index contributed by atoms with van der Waals surface area (Å²) in [6.45, 7) is 0. The smallest absolute Gasteiger partial charge is 0.268 e. The van der Waals surface area contributed by atoms with Crippen LogP contribution < -0.4 is 14.8 Å². The van der Waals surface area contributed by atoms with Gasteiger partial charge in [0.1, 0.15) is 17.2 Å². The molecule has 0 fully saturated rings. The molecule has 0 saturated heterocycles. The maximum absolute atomic E-state index is 13.2. The molecule has 2 N–H and O–H groups in total. The summed E-state index contributed by atoms with van der Waals surface area (Å²) in [6.07, 6.45) is 2.96. The lowest BCUT2D eigenvalue weighted by molar-refractivity contribution is 0.0924. The van der Waals surface area contributed by atoms with Crippen molar-refractivity contribution in [1.82, 2.24) is 14.9 Å². The first-order chi connectivity index (χ1) is 14.6. The highest BCUT2D eigenvalue weighted by atomic mass is 16.5. The van der Waals surface area contributed by atoms with E-state index in [1.54, 1.807) is 14.2 Å². The molecular formula is C24H25N3O3. The largest absolute Gasteiger partial charge is 0.497 e. The van der Waals surface area contributed by atoms with Crippen molar-refractivity contribution in [2.75, 3.05) is 14.2 Å². The Hall–Kier alpha value is -3.41. The van der Waals surface area contributed by atoms with Gasteiger partial charge >= 0.3 is 0 Å². The SMILES string of the molecule is COc1ccc2c(c1)cc(C(=O)N[C@H]1CCCc3c1[nH]c1ccc(OC)cc31)n2C. The van der Waals surface area contributed by atoms with E-state index in [1.807, 2.05) is 48.0 Å². The minimum absolute atomic E-state index is 0.0350. The molecule has 2 aromatic heterocycles. The summed E-state index contributed by atoms with van der Waals surface area (Å²) >= 11 is 0. The first-order valence-corrected chi connectivity index (χ1v) is 10.2. The van der Waals surface area contributed by atoms with Crippen LogP contribution in [0.2, 0.25) is 0 Å². The van der Waals surface area contributed by atoms with Crippen molar-refractivity contribution in [1.29, 1.82) is 0 Å². The van der Waals surface area contributed by atoms with Crippen LogP contribution >= 0.6 is 0 Å². The normalized spacial score (nSPS) is 15.9. The summed E-state index contributed by atoms with van der Waals surface area (Å²) in [5.41, 5.74) is 5.12. The zero-order valence-corrected chi connectivity index (χ0v) is 17.4. The molecule has 6 nitrogen and oxygen atoms in total. The highest BCUT2D eigenvalue weighted by Gasteiger charge is 2.27. The molecule has 0 radical (unpaired) electrons. The van der Waals surface area contributed by atoms with Crippen LogP contribution in [0.4, 0.5) is 0 Å². The number of hydrogen-bond donors (Lipinski definition) is 2. The maximum Gasteiger partial charge on any atom is 0.268 e. The fraction of sp³-hybridized carbons (Fsp3) is 0.292. The Balaban J connectivity index is 1.48. The van der Waals surface area contributed by atoms with Crippen molar-refractivity contribution in [2.45, 2.75) is 25.3 Å². The molecule has 6 heteroatoms. The molecule has 0 spiro atoms. The van der Waals surface area contributed by atoms with Crippen LogP contribution in [-0.2, 0) is 13.5 Å². The molecule has 1 atom stereocenters. The molecular weight excluding hydrogens is 378 g/mol. The Kier molecular flexibility index (Phi) is 4.42. The quantitative estimate of drug-likeness (QED) is 0.528. The number of ether oxygens (including phenoxy) is 2. The van der Waals surface area contributed by atoms with Crippen molar-refractivity contribution in [2.24, 2.45) is 7.05 Å². The van der Waals surface area contributed by atoms with E-state index in [9.17, 15) is 4.79 Å². The summed E-state index contributed by atoms with van der Waals surface area (Å²) in [5, 5.41) is 5.43. The van der Waals surface area contributed by atoms with Crippen LogP contribution in [0.1, 0.15) is 40.6 Å². The number of aromatic nitrogens is 2.